The van der Waals surface area contributed by atoms with Crippen molar-refractivity contribution in [1.29, 1.82) is 0 Å². The third-order valence-electron chi connectivity index (χ3n) is 7.28. The fraction of sp³-hybridized carbons (Fsp3) is 0.385. The number of thioether (sulfide) groups is 2. The number of fused-ring (bicyclic) bond motifs is 2. The summed E-state index contributed by atoms with van der Waals surface area (Å²) in [6, 6.07) is 2.31. The Balaban J connectivity index is 1.13. The highest BCUT2D eigenvalue weighted by atomic mass is 32.2. The van der Waals surface area contributed by atoms with Gasteiger partial charge in [0.05, 0.1) is 15.2 Å². The Morgan fingerprint density at radius 1 is 1.33 bits per heavy atom. The minimum Gasteiger partial charge on any atom is -0.481 e. The molecule has 2 unspecified atom stereocenters. The molecule has 4 N–H and O–H groups in total. The van der Waals surface area contributed by atoms with E-state index in [0.29, 0.717) is 14.5 Å². The zero-order valence-electron chi connectivity index (χ0n) is 21.9. The maximum atomic E-state index is 13.3. The van der Waals surface area contributed by atoms with E-state index < -0.39 is 28.7 Å². The number of carboxylic acid groups (broad SMARTS) is 1. The smallest absolute Gasteiger partial charge is 0.316 e. The van der Waals surface area contributed by atoms with Crippen LogP contribution in [0, 0.1) is 5.41 Å². The Labute approximate surface area is 255 Å². The van der Waals surface area contributed by atoms with Crippen LogP contribution in [0.1, 0.15) is 31.4 Å². The fourth-order valence-electron chi connectivity index (χ4n) is 4.98. The summed E-state index contributed by atoms with van der Waals surface area (Å²) < 4.78 is 6.59. The molecule has 0 bridgehead atoms. The van der Waals surface area contributed by atoms with Gasteiger partial charge in [-0.3, -0.25) is 19.2 Å². The number of hydrogen-bond donors (Lipinski definition) is 3. The summed E-state index contributed by atoms with van der Waals surface area (Å²) in [7, 11) is 0. The van der Waals surface area contributed by atoms with E-state index in [1.807, 2.05) is 0 Å². The summed E-state index contributed by atoms with van der Waals surface area (Å²) >= 11 is 5.04. The van der Waals surface area contributed by atoms with Gasteiger partial charge in [-0.15, -0.1) is 34.4 Å². The maximum absolute atomic E-state index is 13.3. The summed E-state index contributed by atoms with van der Waals surface area (Å²) in [5.41, 5.74) is 4.69. The standard InChI is InChI=1S/C26H25N5O7S4/c27-25-28-14(10-40-25)18(30-38-13-3-1-2-4-13)21(33)29-19-22(34)31-11-26(24(35)36,12-41-23(19)31)6-8-39-17-9-15(32)20-16(42-17)5-7-37-20/h5-10,13,19,23H,1-4,11-12H2,(H2,27,28)(H,29,33)(H,35,36)/t19?,23-,26?/m1/s1. The molecular weight excluding hydrogens is 623 g/mol. The van der Waals surface area contributed by atoms with Crippen LogP contribution in [0.2, 0.25) is 0 Å². The summed E-state index contributed by atoms with van der Waals surface area (Å²) in [5, 5.41) is 20.1. The first-order valence-electron chi connectivity index (χ1n) is 13.0. The third-order valence-corrected chi connectivity index (χ3v) is 11.5. The first kappa shape index (κ1) is 28.8. The fourth-order valence-corrected chi connectivity index (χ4v) is 9.06. The molecular formula is C26H25N5O7S4. The van der Waals surface area contributed by atoms with Crippen molar-refractivity contribution in [3.8, 4) is 0 Å². The lowest BCUT2D eigenvalue weighted by atomic mass is 9.87. The molecule has 2 aliphatic heterocycles. The van der Waals surface area contributed by atoms with Crippen LogP contribution in [0.15, 0.2) is 53.8 Å². The van der Waals surface area contributed by atoms with Gasteiger partial charge in [0.25, 0.3) is 5.91 Å². The van der Waals surface area contributed by atoms with E-state index >= 15 is 0 Å². The molecule has 42 heavy (non-hydrogen) atoms. The number of aromatic nitrogens is 1. The van der Waals surface area contributed by atoms with Gasteiger partial charge in [0.15, 0.2) is 16.4 Å². The molecule has 2 amide bonds. The molecule has 0 spiro atoms. The van der Waals surface area contributed by atoms with Crippen molar-refractivity contribution in [2.24, 2.45) is 10.6 Å². The zero-order chi connectivity index (χ0) is 29.4. The van der Waals surface area contributed by atoms with Crippen LogP contribution < -0.4 is 16.5 Å². The minimum atomic E-state index is -1.33. The number of carbonyl (C=O) groups is 3. The van der Waals surface area contributed by atoms with Crippen LogP contribution in [0.3, 0.4) is 0 Å². The van der Waals surface area contributed by atoms with E-state index in [4.69, 9.17) is 15.0 Å². The number of rotatable bonds is 9. The van der Waals surface area contributed by atoms with E-state index in [0.717, 1.165) is 37.0 Å². The van der Waals surface area contributed by atoms with Crippen LogP contribution >= 0.6 is 46.2 Å². The number of nitrogens with zero attached hydrogens (tertiary/aromatic N) is 3. The monoisotopic (exact) mass is 647 g/mol. The number of nitrogens with one attached hydrogen (secondary N) is 1. The van der Waals surface area contributed by atoms with Crippen molar-refractivity contribution in [3.63, 3.8) is 0 Å². The topological polar surface area (TPSA) is 177 Å². The summed E-state index contributed by atoms with van der Waals surface area (Å²) in [4.78, 5) is 62.3. The van der Waals surface area contributed by atoms with E-state index in [-0.39, 0.29) is 46.3 Å². The molecule has 1 saturated carbocycles. The van der Waals surface area contributed by atoms with E-state index in [2.05, 4.69) is 15.5 Å². The Hall–Kier alpha value is -3.34. The molecule has 12 nitrogen and oxygen atoms in total. The lowest BCUT2D eigenvalue weighted by Crippen LogP contribution is -2.73. The molecule has 3 atom stereocenters. The van der Waals surface area contributed by atoms with Gasteiger partial charge >= 0.3 is 5.97 Å². The Morgan fingerprint density at radius 2 is 2.14 bits per heavy atom. The number of nitrogens with two attached hydrogens (primary N) is 1. The zero-order valence-corrected chi connectivity index (χ0v) is 25.2. The Kier molecular flexibility index (Phi) is 8.04. The molecule has 16 heteroatoms. The third kappa shape index (κ3) is 5.55. The molecule has 3 fully saturated rings. The number of aliphatic carboxylic acids is 1. The number of oxime groups is 1. The lowest BCUT2D eigenvalue weighted by molar-refractivity contribution is -0.156. The van der Waals surface area contributed by atoms with Gasteiger partial charge in [-0.2, -0.15) is 0 Å². The molecule has 220 valence electrons. The predicted molar refractivity (Wildman–Crippen MR) is 162 cm³/mol. The molecule has 3 aliphatic rings. The van der Waals surface area contributed by atoms with Gasteiger partial charge in [-0.25, -0.2) is 4.98 Å². The van der Waals surface area contributed by atoms with E-state index in [1.165, 1.54) is 52.1 Å². The predicted octanol–water partition coefficient (Wildman–Crippen LogP) is 3.33. The second kappa shape index (κ2) is 11.7. The lowest BCUT2D eigenvalue weighted by Gasteiger charge is -2.53. The number of furan rings is 1. The van der Waals surface area contributed by atoms with Crippen LogP contribution in [-0.2, 0) is 19.2 Å². The van der Waals surface area contributed by atoms with Gasteiger partial charge in [0.2, 0.25) is 11.3 Å². The second-order valence-corrected chi connectivity index (χ2v) is 14.4. The quantitative estimate of drug-likeness (QED) is 0.134. The molecule has 6 rings (SSSR count). The SMILES string of the molecule is Nc1nc(C(=NOC2CCCC2)C(=O)NC2C(=O)N3CC(C=CSc4cc(=O)c5occc5s4)(C(=O)O)CS[C@H]23)cs1. The number of β-lactam (4-membered cyclic amide) rings is 1. The number of hydrogen-bond acceptors (Lipinski definition) is 13. The number of nitrogen functional groups attached to an aromatic ring is 1. The van der Waals surface area contributed by atoms with Gasteiger partial charge in [0.1, 0.15) is 28.6 Å². The molecule has 1 aliphatic carbocycles. The van der Waals surface area contributed by atoms with Crippen LogP contribution in [-0.4, -0.2) is 68.3 Å². The van der Waals surface area contributed by atoms with Crippen molar-refractivity contribution >= 4 is 85.1 Å². The number of anilines is 1. The first-order valence-corrected chi connectivity index (χ1v) is 16.6. The van der Waals surface area contributed by atoms with Crippen LogP contribution in [0.4, 0.5) is 5.13 Å². The van der Waals surface area contributed by atoms with Crippen molar-refractivity contribution in [3.05, 3.63) is 51.2 Å². The Bertz CT molecular complexity index is 1660. The summed E-state index contributed by atoms with van der Waals surface area (Å²) in [5.74, 6) is -1.88. The van der Waals surface area contributed by atoms with E-state index in [9.17, 15) is 24.3 Å². The average molecular weight is 648 g/mol. The molecule has 2 saturated heterocycles. The van der Waals surface area contributed by atoms with Crippen molar-refractivity contribution in [2.45, 2.75) is 47.4 Å². The number of carbonyl (C=O) groups excluding carboxylic acids is 2. The summed E-state index contributed by atoms with van der Waals surface area (Å²) in [6.07, 6.45) is 6.71. The molecule has 3 aromatic rings. The molecule has 0 radical (unpaired) electrons. The largest absolute Gasteiger partial charge is 0.481 e. The number of carboxylic acids is 1. The molecule has 0 aromatic carbocycles. The van der Waals surface area contributed by atoms with Gasteiger partial charge < -0.3 is 30.3 Å². The highest BCUT2D eigenvalue weighted by molar-refractivity contribution is 8.04. The van der Waals surface area contributed by atoms with Crippen molar-refractivity contribution in [2.75, 3.05) is 18.0 Å². The minimum absolute atomic E-state index is 0.0480. The molecule has 3 aromatic heterocycles. The van der Waals surface area contributed by atoms with Crippen molar-refractivity contribution in [1.82, 2.24) is 15.2 Å². The Morgan fingerprint density at radius 3 is 2.88 bits per heavy atom. The maximum Gasteiger partial charge on any atom is 0.316 e. The molecule has 5 heterocycles. The number of thiazole rings is 1. The van der Waals surface area contributed by atoms with Crippen molar-refractivity contribution < 1.29 is 28.7 Å². The van der Waals surface area contributed by atoms with E-state index in [1.54, 1.807) is 22.9 Å². The first-order chi connectivity index (χ1) is 20.2. The highest BCUT2D eigenvalue weighted by Crippen LogP contribution is 2.43. The van der Waals surface area contributed by atoms with Gasteiger partial charge in [-0.1, -0.05) is 23.0 Å². The van der Waals surface area contributed by atoms with Crippen LogP contribution in [0.25, 0.3) is 10.3 Å². The second-order valence-electron chi connectivity index (χ2n) is 10.1. The highest BCUT2D eigenvalue weighted by Gasteiger charge is 2.57. The number of amides is 2. The van der Waals surface area contributed by atoms with Gasteiger partial charge in [-0.05, 0) is 37.2 Å². The van der Waals surface area contributed by atoms with Gasteiger partial charge in [0, 0.05) is 23.7 Å². The summed E-state index contributed by atoms with van der Waals surface area (Å²) in [6.45, 7) is -0.0480. The normalized spacial score (nSPS) is 24.6. The average Bonchev–Trinajstić information content (AvgIpc) is 3.75. The van der Waals surface area contributed by atoms with Crippen LogP contribution in [0.5, 0.6) is 0 Å².